The zero-order chi connectivity index (χ0) is 22.1. The Morgan fingerprint density at radius 1 is 1.04 bits per heavy atom. The van der Waals surface area contributed by atoms with Crippen molar-refractivity contribution in [2.24, 2.45) is 5.92 Å². The van der Waals surface area contributed by atoms with Crippen molar-refractivity contribution in [2.75, 3.05) is 0 Å². The van der Waals surface area contributed by atoms with Crippen LogP contribution in [0.4, 0.5) is 4.79 Å². The Morgan fingerprint density at radius 2 is 1.57 bits per heavy atom. The van der Waals surface area contributed by atoms with Gasteiger partial charge in [-0.25, -0.2) is 13.2 Å². The SMILES string of the molecule is CC(C)C(NC(=O)OC(C)(C)C)C(=O)c1nnc(C(C)(C)S(=O)(=O)C(C)C)o1. The second-order valence-electron chi connectivity index (χ2n) is 8.75. The highest BCUT2D eigenvalue weighted by molar-refractivity contribution is 7.92. The first-order valence-corrected chi connectivity index (χ1v) is 10.7. The first-order chi connectivity index (χ1) is 12.5. The Hall–Kier alpha value is -1.97. The van der Waals surface area contributed by atoms with Crippen LogP contribution in [0.3, 0.4) is 0 Å². The van der Waals surface area contributed by atoms with E-state index in [1.165, 1.54) is 13.8 Å². The standard InChI is InChI=1S/C18H31N3O6S/c1-10(2)12(19-16(23)27-17(5,6)7)13(22)14-20-21-15(26-14)18(8,9)28(24,25)11(3)4/h10-12H,1-9H3,(H,19,23). The van der Waals surface area contributed by atoms with Crippen LogP contribution < -0.4 is 5.32 Å². The zero-order valence-electron chi connectivity index (χ0n) is 18.0. The first kappa shape index (κ1) is 24.1. The van der Waals surface area contributed by atoms with Gasteiger partial charge in [-0.1, -0.05) is 13.8 Å². The van der Waals surface area contributed by atoms with Crippen molar-refractivity contribution in [3.63, 3.8) is 0 Å². The number of hydrogen-bond acceptors (Lipinski definition) is 8. The minimum Gasteiger partial charge on any atom is -0.444 e. The summed E-state index contributed by atoms with van der Waals surface area (Å²) in [5.41, 5.74) is -0.721. The average molecular weight is 418 g/mol. The summed E-state index contributed by atoms with van der Waals surface area (Å²) in [4.78, 5) is 24.8. The molecular weight excluding hydrogens is 386 g/mol. The lowest BCUT2D eigenvalue weighted by Crippen LogP contribution is -2.46. The third-order valence-corrected chi connectivity index (χ3v) is 6.94. The van der Waals surface area contributed by atoms with E-state index in [1.807, 2.05) is 0 Å². The first-order valence-electron chi connectivity index (χ1n) is 9.12. The molecule has 0 aliphatic heterocycles. The maximum atomic E-state index is 12.8. The summed E-state index contributed by atoms with van der Waals surface area (Å²) in [6.45, 7) is 14.6. The summed E-state index contributed by atoms with van der Waals surface area (Å²) in [5, 5.41) is 9.34. The molecule has 1 amide bonds. The van der Waals surface area contributed by atoms with Crippen LogP contribution in [0.2, 0.25) is 0 Å². The lowest BCUT2D eigenvalue weighted by atomic mass is 10.00. The van der Waals surface area contributed by atoms with Crippen LogP contribution in [0.1, 0.15) is 78.9 Å². The monoisotopic (exact) mass is 417 g/mol. The fraction of sp³-hybridized carbons (Fsp3) is 0.778. The number of aromatic nitrogens is 2. The number of ketones is 1. The summed E-state index contributed by atoms with van der Waals surface area (Å²) in [7, 11) is -3.62. The fourth-order valence-electron chi connectivity index (χ4n) is 2.38. The lowest BCUT2D eigenvalue weighted by Gasteiger charge is -2.24. The second-order valence-corrected chi connectivity index (χ2v) is 11.8. The van der Waals surface area contributed by atoms with Crippen LogP contribution >= 0.6 is 0 Å². The van der Waals surface area contributed by atoms with Gasteiger partial charge in [0, 0.05) is 0 Å². The Morgan fingerprint density at radius 3 is 2.00 bits per heavy atom. The van der Waals surface area contributed by atoms with E-state index in [-0.39, 0.29) is 17.7 Å². The van der Waals surface area contributed by atoms with E-state index in [0.29, 0.717) is 0 Å². The molecule has 10 heteroatoms. The molecule has 9 nitrogen and oxygen atoms in total. The van der Waals surface area contributed by atoms with Gasteiger partial charge in [0.05, 0.1) is 5.25 Å². The molecule has 1 aromatic heterocycles. The molecule has 1 aromatic rings. The Bertz CT molecular complexity index is 819. The van der Waals surface area contributed by atoms with E-state index < -0.39 is 43.4 Å². The third kappa shape index (κ3) is 5.30. The molecule has 1 unspecified atom stereocenters. The molecule has 0 radical (unpaired) electrons. The molecule has 0 fully saturated rings. The third-order valence-electron chi connectivity index (χ3n) is 4.10. The number of Topliss-reactive ketones (excluding diaryl/α,β-unsaturated/α-hetero) is 1. The minimum absolute atomic E-state index is 0.177. The highest BCUT2D eigenvalue weighted by Crippen LogP contribution is 2.32. The number of nitrogens with zero attached hydrogens (tertiary/aromatic N) is 2. The van der Waals surface area contributed by atoms with Gasteiger partial charge in [0.1, 0.15) is 16.4 Å². The van der Waals surface area contributed by atoms with Gasteiger partial charge in [-0.15, -0.1) is 10.2 Å². The largest absolute Gasteiger partial charge is 0.444 e. The van der Waals surface area contributed by atoms with Crippen molar-refractivity contribution in [1.82, 2.24) is 15.5 Å². The molecule has 0 aliphatic carbocycles. The van der Waals surface area contributed by atoms with E-state index in [0.717, 1.165) is 0 Å². The molecule has 160 valence electrons. The van der Waals surface area contributed by atoms with Gasteiger partial charge in [0.25, 0.3) is 5.89 Å². The normalized spacial score (nSPS) is 14.2. The molecule has 1 rings (SSSR count). The number of nitrogens with one attached hydrogen (secondary N) is 1. The predicted molar refractivity (Wildman–Crippen MR) is 104 cm³/mol. The molecular formula is C18H31N3O6S. The minimum atomic E-state index is -3.62. The van der Waals surface area contributed by atoms with E-state index in [4.69, 9.17) is 9.15 Å². The molecule has 1 N–H and O–H groups in total. The Kier molecular flexibility index (Phi) is 7.03. The Balaban J connectivity index is 3.13. The maximum Gasteiger partial charge on any atom is 0.408 e. The molecule has 1 atom stereocenters. The number of carbonyl (C=O) groups is 2. The number of ether oxygens (including phenoxy) is 1. The van der Waals surface area contributed by atoms with Gasteiger partial charge < -0.3 is 14.5 Å². The lowest BCUT2D eigenvalue weighted by molar-refractivity contribution is 0.0472. The van der Waals surface area contributed by atoms with Gasteiger partial charge in [-0.05, 0) is 54.4 Å². The summed E-state index contributed by atoms with van der Waals surface area (Å²) in [6, 6.07) is -0.965. The highest BCUT2D eigenvalue weighted by atomic mass is 32.2. The number of hydrogen-bond donors (Lipinski definition) is 1. The fourth-order valence-corrected chi connectivity index (χ4v) is 3.88. The molecule has 28 heavy (non-hydrogen) atoms. The molecule has 0 aromatic carbocycles. The number of alkyl carbamates (subject to hydrolysis) is 1. The van der Waals surface area contributed by atoms with Crippen molar-refractivity contribution < 1.29 is 27.2 Å². The van der Waals surface area contributed by atoms with Crippen molar-refractivity contribution in [3.8, 4) is 0 Å². The van der Waals surface area contributed by atoms with Gasteiger partial charge in [0.2, 0.25) is 11.7 Å². The van der Waals surface area contributed by atoms with E-state index in [2.05, 4.69) is 15.5 Å². The molecule has 0 saturated heterocycles. The van der Waals surface area contributed by atoms with Crippen LogP contribution in [0, 0.1) is 5.92 Å². The molecule has 0 saturated carbocycles. The van der Waals surface area contributed by atoms with E-state index in [1.54, 1.807) is 48.5 Å². The van der Waals surface area contributed by atoms with Gasteiger partial charge in [-0.2, -0.15) is 0 Å². The van der Waals surface area contributed by atoms with Crippen molar-refractivity contribution in [3.05, 3.63) is 11.8 Å². The van der Waals surface area contributed by atoms with E-state index in [9.17, 15) is 18.0 Å². The zero-order valence-corrected chi connectivity index (χ0v) is 18.8. The van der Waals surface area contributed by atoms with Crippen LogP contribution in [0.15, 0.2) is 4.42 Å². The molecule has 0 spiro atoms. The van der Waals surface area contributed by atoms with Crippen LogP contribution in [0.25, 0.3) is 0 Å². The van der Waals surface area contributed by atoms with E-state index >= 15 is 0 Å². The summed E-state index contributed by atoms with van der Waals surface area (Å²) < 4.78 is 34.3. The van der Waals surface area contributed by atoms with Crippen LogP contribution in [0.5, 0.6) is 0 Å². The summed E-state index contributed by atoms with van der Waals surface area (Å²) >= 11 is 0. The molecule has 0 aliphatic rings. The number of sulfone groups is 1. The highest BCUT2D eigenvalue weighted by Gasteiger charge is 2.44. The predicted octanol–water partition coefficient (Wildman–Crippen LogP) is 2.86. The quantitative estimate of drug-likeness (QED) is 0.671. The second kappa shape index (κ2) is 8.18. The molecule has 1 heterocycles. The van der Waals surface area contributed by atoms with Crippen molar-refractivity contribution >= 4 is 21.7 Å². The number of rotatable bonds is 7. The van der Waals surface area contributed by atoms with Crippen molar-refractivity contribution in [2.45, 2.75) is 84.0 Å². The van der Waals surface area contributed by atoms with Gasteiger partial charge >= 0.3 is 6.09 Å². The topological polar surface area (TPSA) is 128 Å². The van der Waals surface area contributed by atoms with Gasteiger partial charge in [0.15, 0.2) is 9.84 Å². The maximum absolute atomic E-state index is 12.8. The Labute approximate surface area is 166 Å². The number of amides is 1. The van der Waals surface area contributed by atoms with Crippen molar-refractivity contribution in [1.29, 1.82) is 0 Å². The van der Waals surface area contributed by atoms with Gasteiger partial charge in [-0.3, -0.25) is 4.79 Å². The summed E-state index contributed by atoms with van der Waals surface area (Å²) in [6.07, 6.45) is -0.748. The summed E-state index contributed by atoms with van der Waals surface area (Å²) in [5.74, 6) is -1.44. The van der Waals surface area contributed by atoms with Crippen LogP contribution in [-0.2, 0) is 19.3 Å². The molecule has 0 bridgehead atoms. The van der Waals surface area contributed by atoms with Crippen LogP contribution in [-0.4, -0.2) is 47.4 Å². The average Bonchev–Trinajstić information content (AvgIpc) is 3.00. The smallest absolute Gasteiger partial charge is 0.408 e. The number of carbonyl (C=O) groups excluding carboxylic acids is 2.